The maximum Gasteiger partial charge on any atom is 0.273 e. The molecule has 0 amide bonds. The van der Waals surface area contributed by atoms with E-state index in [2.05, 4.69) is 4.72 Å². The molecule has 0 unspecified atom stereocenters. The monoisotopic (exact) mass is 288 g/mol. The lowest BCUT2D eigenvalue weighted by molar-refractivity contribution is -0.384. The topological polar surface area (TPSA) is 98.5 Å². The molecule has 0 bridgehead atoms. The third kappa shape index (κ3) is 4.40. The van der Waals surface area contributed by atoms with Crippen molar-refractivity contribution in [2.75, 3.05) is 10.5 Å². The second kappa shape index (κ2) is 5.87. The molecule has 1 aromatic rings. The molecule has 106 valence electrons. The minimum Gasteiger partial charge on any atom is -0.489 e. The maximum absolute atomic E-state index is 11.5. The summed E-state index contributed by atoms with van der Waals surface area (Å²) in [6, 6.07) is 3.75. The van der Waals surface area contributed by atoms with Gasteiger partial charge < -0.3 is 4.74 Å². The van der Waals surface area contributed by atoms with Crippen molar-refractivity contribution in [3.8, 4) is 5.75 Å². The average molecular weight is 288 g/mol. The standard InChI is InChI=1S/C11H16N2O5S/c1-4-19(16,17)12-10-6-5-9(13(14)15)7-11(10)18-8(2)3/h5-8,12H,4H2,1-3H3. The van der Waals surface area contributed by atoms with Gasteiger partial charge in [0.25, 0.3) is 5.69 Å². The predicted octanol–water partition coefficient (Wildman–Crippen LogP) is 2.14. The number of hydrogen-bond donors (Lipinski definition) is 1. The summed E-state index contributed by atoms with van der Waals surface area (Å²) in [7, 11) is -3.46. The molecule has 0 saturated heterocycles. The Kier molecular flexibility index (Phi) is 4.71. The third-order valence-corrected chi connectivity index (χ3v) is 3.48. The van der Waals surface area contributed by atoms with Crippen molar-refractivity contribution in [3.05, 3.63) is 28.3 Å². The quantitative estimate of drug-likeness (QED) is 0.638. The van der Waals surface area contributed by atoms with Crippen LogP contribution in [-0.4, -0.2) is 25.2 Å². The summed E-state index contributed by atoms with van der Waals surface area (Å²) in [4.78, 5) is 10.1. The number of hydrogen-bond acceptors (Lipinski definition) is 5. The van der Waals surface area contributed by atoms with E-state index >= 15 is 0 Å². The molecule has 0 radical (unpaired) electrons. The van der Waals surface area contributed by atoms with Gasteiger partial charge in [-0.25, -0.2) is 8.42 Å². The lowest BCUT2D eigenvalue weighted by atomic mass is 10.2. The number of benzene rings is 1. The van der Waals surface area contributed by atoms with Gasteiger partial charge in [-0.05, 0) is 26.8 Å². The molecule has 1 rings (SSSR count). The van der Waals surface area contributed by atoms with Crippen LogP contribution in [0.15, 0.2) is 18.2 Å². The van der Waals surface area contributed by atoms with Crippen molar-refractivity contribution in [2.45, 2.75) is 26.9 Å². The highest BCUT2D eigenvalue weighted by Gasteiger charge is 2.16. The summed E-state index contributed by atoms with van der Waals surface area (Å²) in [5.74, 6) is 0.0479. The molecular weight excluding hydrogens is 272 g/mol. The summed E-state index contributed by atoms with van der Waals surface area (Å²) in [6.45, 7) is 4.99. The molecule has 0 aliphatic rings. The lowest BCUT2D eigenvalue weighted by Crippen LogP contribution is -2.16. The Balaban J connectivity index is 3.19. The molecule has 8 heteroatoms. The number of nitro groups is 1. The van der Waals surface area contributed by atoms with Gasteiger partial charge >= 0.3 is 0 Å². The van der Waals surface area contributed by atoms with Gasteiger partial charge in [-0.2, -0.15) is 0 Å². The van der Waals surface area contributed by atoms with Gasteiger partial charge in [-0.1, -0.05) is 0 Å². The average Bonchev–Trinajstić information content (AvgIpc) is 2.30. The van der Waals surface area contributed by atoms with E-state index in [1.807, 2.05) is 0 Å². The van der Waals surface area contributed by atoms with Crippen LogP contribution in [0.3, 0.4) is 0 Å². The van der Waals surface area contributed by atoms with Crippen molar-refractivity contribution in [1.29, 1.82) is 0 Å². The molecule has 0 saturated carbocycles. The number of ether oxygens (including phenoxy) is 1. The summed E-state index contributed by atoms with van der Waals surface area (Å²) >= 11 is 0. The van der Waals surface area contributed by atoms with Crippen LogP contribution in [0, 0.1) is 10.1 Å². The zero-order valence-electron chi connectivity index (χ0n) is 10.9. The number of anilines is 1. The first kappa shape index (κ1) is 15.2. The van der Waals surface area contributed by atoms with Gasteiger partial charge in [0.15, 0.2) is 5.75 Å². The van der Waals surface area contributed by atoms with Crippen LogP contribution in [0.1, 0.15) is 20.8 Å². The van der Waals surface area contributed by atoms with E-state index in [0.29, 0.717) is 0 Å². The molecule has 19 heavy (non-hydrogen) atoms. The van der Waals surface area contributed by atoms with Crippen LogP contribution >= 0.6 is 0 Å². The molecule has 1 N–H and O–H groups in total. The Morgan fingerprint density at radius 2 is 2.05 bits per heavy atom. The first-order valence-electron chi connectivity index (χ1n) is 5.70. The summed E-state index contributed by atoms with van der Waals surface area (Å²) in [5, 5.41) is 10.7. The largest absolute Gasteiger partial charge is 0.489 e. The summed E-state index contributed by atoms with van der Waals surface area (Å²) in [6.07, 6.45) is -0.230. The van der Waals surface area contributed by atoms with Crippen molar-refractivity contribution < 1.29 is 18.1 Å². The van der Waals surface area contributed by atoms with Crippen LogP contribution in [0.5, 0.6) is 5.75 Å². The van der Waals surface area contributed by atoms with Gasteiger partial charge in [-0.15, -0.1) is 0 Å². The minimum absolute atomic E-state index is 0.0922. The number of sulfonamides is 1. The first-order valence-corrected chi connectivity index (χ1v) is 7.36. The molecule has 0 aliphatic carbocycles. The fraction of sp³-hybridized carbons (Fsp3) is 0.455. The van der Waals surface area contributed by atoms with Crippen LogP contribution in [0.2, 0.25) is 0 Å². The molecule has 0 heterocycles. The predicted molar refractivity (Wildman–Crippen MR) is 71.9 cm³/mol. The number of non-ortho nitro benzene ring substituents is 1. The highest BCUT2D eigenvalue weighted by molar-refractivity contribution is 7.92. The van der Waals surface area contributed by atoms with Crippen LogP contribution < -0.4 is 9.46 Å². The smallest absolute Gasteiger partial charge is 0.273 e. The molecule has 0 atom stereocenters. The molecule has 0 spiro atoms. The Morgan fingerprint density at radius 1 is 1.42 bits per heavy atom. The van der Waals surface area contributed by atoms with Crippen LogP contribution in [0.25, 0.3) is 0 Å². The van der Waals surface area contributed by atoms with Crippen molar-refractivity contribution in [1.82, 2.24) is 0 Å². The molecule has 0 aromatic heterocycles. The normalized spacial score (nSPS) is 11.4. The van der Waals surface area contributed by atoms with E-state index in [1.54, 1.807) is 13.8 Å². The SMILES string of the molecule is CCS(=O)(=O)Nc1ccc([N+](=O)[O-])cc1OC(C)C. The van der Waals surface area contributed by atoms with E-state index < -0.39 is 14.9 Å². The minimum atomic E-state index is -3.46. The lowest BCUT2D eigenvalue weighted by Gasteiger charge is -2.15. The number of nitrogens with one attached hydrogen (secondary N) is 1. The molecule has 1 aromatic carbocycles. The zero-order valence-corrected chi connectivity index (χ0v) is 11.7. The Morgan fingerprint density at radius 3 is 2.53 bits per heavy atom. The van der Waals surface area contributed by atoms with Crippen molar-refractivity contribution in [3.63, 3.8) is 0 Å². The number of rotatable bonds is 6. The first-order chi connectivity index (χ1) is 8.75. The molecule has 0 fully saturated rings. The fourth-order valence-electron chi connectivity index (χ4n) is 1.30. The van der Waals surface area contributed by atoms with Gasteiger partial charge in [0.05, 0.1) is 28.5 Å². The van der Waals surface area contributed by atoms with E-state index in [1.165, 1.54) is 25.1 Å². The van der Waals surface area contributed by atoms with E-state index in [0.717, 1.165) is 0 Å². The summed E-state index contributed by atoms with van der Waals surface area (Å²) in [5.41, 5.74) is 0.0382. The van der Waals surface area contributed by atoms with Crippen molar-refractivity contribution in [2.24, 2.45) is 0 Å². The Bertz CT molecular complexity index is 568. The molecule has 0 aliphatic heterocycles. The molecular formula is C11H16N2O5S. The third-order valence-electron chi connectivity index (χ3n) is 2.18. The van der Waals surface area contributed by atoms with Crippen LogP contribution in [-0.2, 0) is 10.0 Å². The van der Waals surface area contributed by atoms with Gasteiger partial charge in [-0.3, -0.25) is 14.8 Å². The second-order valence-electron chi connectivity index (χ2n) is 4.11. The van der Waals surface area contributed by atoms with Gasteiger partial charge in [0, 0.05) is 6.07 Å². The van der Waals surface area contributed by atoms with E-state index in [4.69, 9.17) is 4.74 Å². The Hall–Kier alpha value is -1.83. The summed E-state index contributed by atoms with van der Waals surface area (Å²) < 4.78 is 30.8. The Labute approximate surface area is 111 Å². The van der Waals surface area contributed by atoms with Gasteiger partial charge in [0.2, 0.25) is 10.0 Å². The second-order valence-corrected chi connectivity index (χ2v) is 6.12. The van der Waals surface area contributed by atoms with Crippen LogP contribution in [0.4, 0.5) is 11.4 Å². The number of nitro benzene ring substituents is 1. The van der Waals surface area contributed by atoms with E-state index in [-0.39, 0.29) is 29.0 Å². The van der Waals surface area contributed by atoms with E-state index in [9.17, 15) is 18.5 Å². The highest BCUT2D eigenvalue weighted by Crippen LogP contribution is 2.30. The maximum atomic E-state index is 11.5. The van der Waals surface area contributed by atoms with Crippen molar-refractivity contribution >= 4 is 21.4 Å². The van der Waals surface area contributed by atoms with Gasteiger partial charge in [0.1, 0.15) is 0 Å². The molecule has 7 nitrogen and oxygen atoms in total. The number of nitrogens with zero attached hydrogens (tertiary/aromatic N) is 1. The zero-order chi connectivity index (χ0) is 14.6. The fourth-order valence-corrected chi connectivity index (χ4v) is 1.95. The highest BCUT2D eigenvalue weighted by atomic mass is 32.2.